The van der Waals surface area contributed by atoms with E-state index in [4.69, 9.17) is 10.00 Å². The van der Waals surface area contributed by atoms with Crippen molar-refractivity contribution in [1.82, 2.24) is 5.32 Å². The molecule has 1 aliphatic carbocycles. The van der Waals surface area contributed by atoms with Gasteiger partial charge >= 0.3 is 5.97 Å². The van der Waals surface area contributed by atoms with Gasteiger partial charge in [-0.1, -0.05) is 0 Å². The molecule has 0 bridgehead atoms. The second-order valence-electron chi connectivity index (χ2n) is 5.23. The number of ether oxygens (including phenoxy) is 1. The van der Waals surface area contributed by atoms with E-state index >= 15 is 0 Å². The first-order chi connectivity index (χ1) is 10.1. The van der Waals surface area contributed by atoms with Gasteiger partial charge in [-0.25, -0.2) is 0 Å². The first-order valence-electron chi connectivity index (χ1n) is 7.03. The third kappa shape index (κ3) is 3.82. The predicted molar refractivity (Wildman–Crippen MR) is 76.4 cm³/mol. The maximum atomic E-state index is 12.1. The van der Waals surface area contributed by atoms with Gasteiger partial charge in [-0.3, -0.25) is 9.59 Å². The minimum Gasteiger partial charge on any atom is -0.469 e. The van der Waals surface area contributed by atoms with Gasteiger partial charge in [0.25, 0.3) is 5.91 Å². The van der Waals surface area contributed by atoms with Gasteiger partial charge in [0.15, 0.2) is 0 Å². The molecule has 0 aromatic heterocycles. The zero-order chi connectivity index (χ0) is 15.2. The smallest absolute Gasteiger partial charge is 0.308 e. The van der Waals surface area contributed by atoms with Crippen LogP contribution in [0.4, 0.5) is 0 Å². The molecule has 1 aliphatic rings. The van der Waals surface area contributed by atoms with Gasteiger partial charge in [-0.05, 0) is 49.9 Å². The minimum absolute atomic E-state index is 0.0435. The van der Waals surface area contributed by atoms with E-state index in [0.29, 0.717) is 11.1 Å². The molecule has 21 heavy (non-hydrogen) atoms. The molecule has 1 aromatic carbocycles. The molecule has 0 unspecified atom stereocenters. The van der Waals surface area contributed by atoms with Crippen molar-refractivity contribution in [3.8, 4) is 6.07 Å². The average molecular weight is 286 g/mol. The van der Waals surface area contributed by atoms with Crippen LogP contribution >= 0.6 is 0 Å². The summed E-state index contributed by atoms with van der Waals surface area (Å²) in [6.07, 6.45) is 3.04. The molecule has 0 atom stereocenters. The lowest BCUT2D eigenvalue weighted by molar-refractivity contribution is -0.146. The van der Waals surface area contributed by atoms with E-state index in [9.17, 15) is 9.59 Å². The van der Waals surface area contributed by atoms with Crippen LogP contribution in [-0.4, -0.2) is 25.0 Å². The number of hydrogen-bond donors (Lipinski definition) is 1. The van der Waals surface area contributed by atoms with Gasteiger partial charge in [-0.2, -0.15) is 5.26 Å². The fourth-order valence-corrected chi connectivity index (χ4v) is 2.60. The van der Waals surface area contributed by atoms with Gasteiger partial charge in [0.2, 0.25) is 0 Å². The Morgan fingerprint density at radius 3 is 2.33 bits per heavy atom. The maximum Gasteiger partial charge on any atom is 0.308 e. The third-order valence-corrected chi connectivity index (χ3v) is 3.87. The molecule has 0 aliphatic heterocycles. The van der Waals surface area contributed by atoms with Crippen LogP contribution in [0.15, 0.2) is 24.3 Å². The number of methoxy groups -OCH3 is 1. The summed E-state index contributed by atoms with van der Waals surface area (Å²) in [5.41, 5.74) is 1.08. The van der Waals surface area contributed by atoms with Crippen molar-refractivity contribution in [3.05, 3.63) is 35.4 Å². The molecule has 1 amide bonds. The number of nitriles is 1. The van der Waals surface area contributed by atoms with Crippen molar-refractivity contribution >= 4 is 11.9 Å². The summed E-state index contributed by atoms with van der Waals surface area (Å²) >= 11 is 0. The zero-order valence-electron chi connectivity index (χ0n) is 12.0. The van der Waals surface area contributed by atoms with Gasteiger partial charge in [0, 0.05) is 11.6 Å². The number of benzene rings is 1. The lowest BCUT2D eigenvalue weighted by atomic mass is 9.86. The molecule has 1 fully saturated rings. The highest BCUT2D eigenvalue weighted by Gasteiger charge is 2.27. The normalized spacial score (nSPS) is 21.1. The Morgan fingerprint density at radius 2 is 1.81 bits per heavy atom. The number of carbonyl (C=O) groups is 2. The van der Waals surface area contributed by atoms with Crippen molar-refractivity contribution in [1.29, 1.82) is 5.26 Å². The van der Waals surface area contributed by atoms with Crippen LogP contribution in [-0.2, 0) is 9.53 Å². The van der Waals surface area contributed by atoms with E-state index in [1.165, 1.54) is 7.11 Å². The Labute approximate surface area is 123 Å². The average Bonchev–Trinajstić information content (AvgIpc) is 2.55. The third-order valence-electron chi connectivity index (χ3n) is 3.87. The molecule has 0 heterocycles. The summed E-state index contributed by atoms with van der Waals surface area (Å²) in [5.74, 6) is -0.342. The van der Waals surface area contributed by atoms with E-state index in [1.54, 1.807) is 24.3 Å². The van der Waals surface area contributed by atoms with Gasteiger partial charge in [0.1, 0.15) is 0 Å². The molecule has 0 saturated heterocycles. The zero-order valence-corrected chi connectivity index (χ0v) is 12.0. The second-order valence-corrected chi connectivity index (χ2v) is 5.23. The molecule has 5 heteroatoms. The van der Waals surface area contributed by atoms with Crippen molar-refractivity contribution in [2.24, 2.45) is 5.92 Å². The largest absolute Gasteiger partial charge is 0.469 e. The predicted octanol–water partition coefficient (Wildman–Crippen LogP) is 2.02. The van der Waals surface area contributed by atoms with Gasteiger partial charge in [0.05, 0.1) is 24.7 Å². The number of amides is 1. The number of carbonyl (C=O) groups excluding carboxylic acids is 2. The van der Waals surface area contributed by atoms with Crippen molar-refractivity contribution < 1.29 is 14.3 Å². The molecule has 110 valence electrons. The Morgan fingerprint density at radius 1 is 1.19 bits per heavy atom. The SMILES string of the molecule is COC(=O)C1CCC(NC(=O)c2ccc(C#N)cc2)CC1. The maximum absolute atomic E-state index is 12.1. The highest BCUT2D eigenvalue weighted by molar-refractivity contribution is 5.94. The molecule has 0 radical (unpaired) electrons. The van der Waals surface area contributed by atoms with Crippen molar-refractivity contribution in [2.75, 3.05) is 7.11 Å². The summed E-state index contributed by atoms with van der Waals surface area (Å²) in [7, 11) is 1.40. The molecular formula is C16H18N2O3. The summed E-state index contributed by atoms with van der Waals surface area (Å²) in [5, 5.41) is 11.7. The summed E-state index contributed by atoms with van der Waals surface area (Å²) in [4.78, 5) is 23.5. The summed E-state index contributed by atoms with van der Waals surface area (Å²) in [6.45, 7) is 0. The number of hydrogen-bond acceptors (Lipinski definition) is 4. The molecule has 1 saturated carbocycles. The first kappa shape index (κ1) is 15.0. The van der Waals surface area contributed by atoms with Crippen molar-refractivity contribution in [2.45, 2.75) is 31.7 Å². The summed E-state index contributed by atoms with van der Waals surface area (Å²) in [6, 6.07) is 8.66. The highest BCUT2D eigenvalue weighted by atomic mass is 16.5. The van der Waals surface area contributed by atoms with E-state index in [0.717, 1.165) is 25.7 Å². The van der Waals surface area contributed by atoms with Crippen LogP contribution in [0, 0.1) is 17.2 Å². The van der Waals surface area contributed by atoms with E-state index in [1.807, 2.05) is 6.07 Å². The van der Waals surface area contributed by atoms with E-state index < -0.39 is 0 Å². The summed E-state index contributed by atoms with van der Waals surface area (Å²) < 4.78 is 4.74. The molecule has 0 spiro atoms. The van der Waals surface area contributed by atoms with Gasteiger partial charge in [-0.15, -0.1) is 0 Å². The second kappa shape index (κ2) is 6.89. The van der Waals surface area contributed by atoms with E-state index in [2.05, 4.69) is 5.32 Å². The van der Waals surface area contributed by atoms with Crippen LogP contribution in [0.2, 0.25) is 0 Å². The Balaban J connectivity index is 1.86. The fraction of sp³-hybridized carbons (Fsp3) is 0.438. The van der Waals surface area contributed by atoms with Crippen LogP contribution in [0.3, 0.4) is 0 Å². The Bertz CT molecular complexity index is 552. The molecule has 1 aromatic rings. The van der Waals surface area contributed by atoms with Crippen LogP contribution in [0.1, 0.15) is 41.6 Å². The number of rotatable bonds is 3. The van der Waals surface area contributed by atoms with E-state index in [-0.39, 0.29) is 23.8 Å². The molecular weight excluding hydrogens is 268 g/mol. The fourth-order valence-electron chi connectivity index (χ4n) is 2.60. The number of esters is 1. The van der Waals surface area contributed by atoms with Gasteiger partial charge < -0.3 is 10.1 Å². The quantitative estimate of drug-likeness (QED) is 0.862. The Kier molecular flexibility index (Phi) is 4.94. The van der Waals surface area contributed by atoms with Crippen LogP contribution in [0.5, 0.6) is 0 Å². The lowest BCUT2D eigenvalue weighted by Gasteiger charge is -2.27. The Hall–Kier alpha value is -2.35. The molecule has 1 N–H and O–H groups in total. The number of nitrogens with one attached hydrogen (secondary N) is 1. The monoisotopic (exact) mass is 286 g/mol. The minimum atomic E-state index is -0.160. The van der Waals surface area contributed by atoms with Crippen LogP contribution < -0.4 is 5.32 Å². The van der Waals surface area contributed by atoms with Crippen LogP contribution in [0.25, 0.3) is 0 Å². The van der Waals surface area contributed by atoms with Crippen molar-refractivity contribution in [3.63, 3.8) is 0 Å². The molecule has 2 rings (SSSR count). The topological polar surface area (TPSA) is 79.2 Å². The number of nitrogens with zero attached hydrogens (tertiary/aromatic N) is 1. The lowest BCUT2D eigenvalue weighted by Crippen LogP contribution is -2.38. The standard InChI is InChI=1S/C16H18N2O3/c1-21-16(20)13-6-8-14(9-7-13)18-15(19)12-4-2-11(10-17)3-5-12/h2-5,13-14H,6-9H2,1H3,(H,18,19). The first-order valence-corrected chi connectivity index (χ1v) is 7.03. The molecule has 5 nitrogen and oxygen atoms in total. The highest BCUT2D eigenvalue weighted by Crippen LogP contribution is 2.25.